The van der Waals surface area contributed by atoms with Gasteiger partial charge >= 0.3 is 23.2 Å². The number of fused-ring (bicyclic) bond motifs is 2. The molecule has 2 heterocycles. The summed E-state index contributed by atoms with van der Waals surface area (Å²) >= 11 is 0. The number of carbonyl (C=O) groups excluding carboxylic acids is 2. The predicted molar refractivity (Wildman–Crippen MR) is 247 cm³/mol. The van der Waals surface area contributed by atoms with Crippen LogP contribution in [-0.2, 0) is 19.1 Å². The quantitative estimate of drug-likeness (QED) is 0.0206. The van der Waals surface area contributed by atoms with Crippen LogP contribution in [0.3, 0.4) is 0 Å². The van der Waals surface area contributed by atoms with E-state index in [1.807, 2.05) is 84.9 Å². The Morgan fingerprint density at radius 3 is 1.41 bits per heavy atom. The van der Waals surface area contributed by atoms with Crippen molar-refractivity contribution in [3.8, 4) is 33.8 Å². The summed E-state index contributed by atoms with van der Waals surface area (Å²) in [5.74, 6) is 0.339. The Labute approximate surface area is 371 Å². The zero-order valence-corrected chi connectivity index (χ0v) is 35.7. The normalized spacial score (nSPS) is 11.9. The number of rotatable bonds is 23. The first-order valence-electron chi connectivity index (χ1n) is 21.3. The molecule has 0 fully saturated rings. The summed E-state index contributed by atoms with van der Waals surface area (Å²) in [6, 6.07) is 33.3. The first-order chi connectivity index (χ1) is 31.1. The number of allylic oxidation sites excluding steroid dienone is 2. The van der Waals surface area contributed by atoms with Gasteiger partial charge in [-0.2, -0.15) is 0 Å². The lowest BCUT2D eigenvalue weighted by atomic mass is 10.0. The monoisotopic (exact) mass is 870 g/mol. The molecule has 0 radical (unpaired) electrons. The van der Waals surface area contributed by atoms with E-state index < -0.39 is 23.8 Å². The fraction of sp³-hybridized carbons (Fsp3) is 0.269. The number of carbonyl (C=O) groups is 2. The molecule has 64 heavy (non-hydrogen) atoms. The third kappa shape index (κ3) is 15.4. The van der Waals surface area contributed by atoms with E-state index in [-0.39, 0.29) is 18.2 Å². The van der Waals surface area contributed by atoms with Gasteiger partial charge in [-0.15, -0.1) is 0 Å². The largest absolute Gasteiger partial charge is 0.493 e. The highest BCUT2D eigenvalue weighted by Crippen LogP contribution is 2.26. The third-order valence-electron chi connectivity index (χ3n) is 9.87. The number of unbranched alkanes of at least 4 members (excludes halogenated alkanes) is 2. The number of benzene rings is 4. The minimum absolute atomic E-state index is 0.169. The fourth-order valence-corrected chi connectivity index (χ4v) is 6.45. The van der Waals surface area contributed by atoms with Gasteiger partial charge in [-0.05, 0) is 98.9 Å². The van der Waals surface area contributed by atoms with E-state index >= 15 is 0 Å². The molecule has 0 bridgehead atoms. The molecule has 2 aromatic heterocycles. The molecule has 2 N–H and O–H groups in total. The van der Waals surface area contributed by atoms with Crippen LogP contribution in [0.1, 0.15) is 51.4 Å². The SMILES string of the molecule is C=CC(=O)OCCC/C=C/CCCOc1ccc2cc(-c3ccccc3)c(=O)oc2c1.C=CC(=O)OCCCC(O)C(O)CCCOc1ccc2cc(-c3ccccc3)c(=O)oc2c1. The molecule has 12 heteroatoms. The Morgan fingerprint density at radius 2 is 0.953 bits per heavy atom. The van der Waals surface area contributed by atoms with Gasteiger partial charge in [0, 0.05) is 35.1 Å². The number of esters is 2. The molecule has 2 atom stereocenters. The molecule has 334 valence electrons. The molecule has 0 saturated heterocycles. The number of aliphatic hydroxyl groups is 2. The van der Waals surface area contributed by atoms with Gasteiger partial charge in [-0.1, -0.05) is 86.0 Å². The second-order valence-corrected chi connectivity index (χ2v) is 14.6. The van der Waals surface area contributed by atoms with Crippen LogP contribution in [0.15, 0.2) is 165 Å². The summed E-state index contributed by atoms with van der Waals surface area (Å²) < 4.78 is 32.3. The van der Waals surface area contributed by atoms with Crippen molar-refractivity contribution in [1.82, 2.24) is 0 Å². The molecule has 0 saturated carbocycles. The predicted octanol–water partition coefficient (Wildman–Crippen LogP) is 9.53. The first-order valence-corrected chi connectivity index (χ1v) is 21.3. The minimum Gasteiger partial charge on any atom is -0.493 e. The summed E-state index contributed by atoms with van der Waals surface area (Å²) in [6.45, 7) is 8.13. The summed E-state index contributed by atoms with van der Waals surface area (Å²) in [7, 11) is 0. The van der Waals surface area contributed by atoms with Gasteiger partial charge in [0.15, 0.2) is 0 Å². The zero-order valence-electron chi connectivity index (χ0n) is 35.7. The van der Waals surface area contributed by atoms with Crippen LogP contribution in [0.5, 0.6) is 11.5 Å². The third-order valence-corrected chi connectivity index (χ3v) is 9.87. The molecule has 4 aromatic carbocycles. The van der Waals surface area contributed by atoms with Crippen molar-refractivity contribution in [3.05, 3.63) is 167 Å². The maximum Gasteiger partial charge on any atom is 0.344 e. The number of hydrogen-bond acceptors (Lipinski definition) is 12. The average molecular weight is 871 g/mol. The number of aliphatic hydroxyl groups excluding tert-OH is 2. The van der Waals surface area contributed by atoms with Crippen LogP contribution < -0.4 is 20.7 Å². The second kappa shape index (κ2) is 25.8. The molecule has 6 rings (SSSR count). The molecule has 12 nitrogen and oxygen atoms in total. The van der Waals surface area contributed by atoms with E-state index in [1.165, 1.54) is 6.08 Å². The van der Waals surface area contributed by atoms with E-state index in [4.69, 9.17) is 27.8 Å². The van der Waals surface area contributed by atoms with Crippen LogP contribution in [-0.4, -0.2) is 60.8 Å². The lowest BCUT2D eigenvalue weighted by Gasteiger charge is -2.17. The van der Waals surface area contributed by atoms with Crippen molar-refractivity contribution >= 4 is 33.9 Å². The Kier molecular flexibility index (Phi) is 19.4. The van der Waals surface area contributed by atoms with Crippen molar-refractivity contribution in [2.24, 2.45) is 0 Å². The van der Waals surface area contributed by atoms with Crippen LogP contribution in [0, 0.1) is 0 Å². The van der Waals surface area contributed by atoms with Gasteiger partial charge in [0.1, 0.15) is 22.7 Å². The second-order valence-electron chi connectivity index (χ2n) is 14.6. The summed E-state index contributed by atoms with van der Waals surface area (Å²) in [5.41, 5.74) is 2.86. The molecule has 2 unspecified atom stereocenters. The summed E-state index contributed by atoms with van der Waals surface area (Å²) in [6.07, 6.45) is 9.71. The Hall–Kier alpha value is -7.02. The van der Waals surface area contributed by atoms with E-state index in [2.05, 4.69) is 25.3 Å². The lowest BCUT2D eigenvalue weighted by molar-refractivity contribution is -0.138. The van der Waals surface area contributed by atoms with Gasteiger partial charge < -0.3 is 38.0 Å². The van der Waals surface area contributed by atoms with Crippen molar-refractivity contribution in [1.29, 1.82) is 0 Å². The molecule has 6 aromatic rings. The molecule has 0 aliphatic carbocycles. The highest BCUT2D eigenvalue weighted by molar-refractivity contribution is 5.84. The smallest absolute Gasteiger partial charge is 0.344 e. The highest BCUT2D eigenvalue weighted by Gasteiger charge is 2.16. The van der Waals surface area contributed by atoms with Gasteiger partial charge in [0.2, 0.25) is 0 Å². The van der Waals surface area contributed by atoms with Crippen molar-refractivity contribution in [2.75, 3.05) is 26.4 Å². The molecule has 0 aliphatic rings. The topological polar surface area (TPSA) is 172 Å². The maximum atomic E-state index is 12.4. The Morgan fingerprint density at radius 1 is 0.547 bits per heavy atom. The van der Waals surface area contributed by atoms with E-state index in [0.717, 1.165) is 53.7 Å². The lowest BCUT2D eigenvalue weighted by Crippen LogP contribution is -2.26. The van der Waals surface area contributed by atoms with Crippen molar-refractivity contribution in [2.45, 2.75) is 63.6 Å². The molecule has 0 spiro atoms. The highest BCUT2D eigenvalue weighted by atomic mass is 16.5. The summed E-state index contributed by atoms with van der Waals surface area (Å²) in [4.78, 5) is 46.6. The molecule has 0 amide bonds. The maximum absolute atomic E-state index is 12.4. The van der Waals surface area contributed by atoms with E-state index in [9.17, 15) is 29.4 Å². The standard InChI is InChI=1S/C26H28O7.C26H26O5/c1-2-25(29)32-15-7-11-23(28)22(27)10-6-14-31-20-13-12-19-16-21(18-8-4-3-5-9-18)26(30)33-24(19)17-20;1-2-25(27)30-17-11-6-4-3-5-10-16-29-22-15-14-21-18-23(20-12-8-7-9-13-20)26(28)31-24(21)19-22/h2-5,8-9,12-13,16-17,22-23,27-28H,1,6-7,10-11,14-15H2;2-4,7-9,12-15,18-19H,1,5-6,10-11,16-17H2/b;4-3+. The van der Waals surface area contributed by atoms with Gasteiger partial charge in [-0.25, -0.2) is 19.2 Å². The van der Waals surface area contributed by atoms with Gasteiger partial charge in [0.05, 0.1) is 49.8 Å². The van der Waals surface area contributed by atoms with Crippen LogP contribution in [0.2, 0.25) is 0 Å². The Bertz CT molecular complexity index is 2580. The molecular formula is C52H54O12. The number of hydrogen-bond donors (Lipinski definition) is 2. The molecular weight excluding hydrogens is 817 g/mol. The Balaban J connectivity index is 0.000000241. The van der Waals surface area contributed by atoms with Crippen molar-refractivity contribution in [3.63, 3.8) is 0 Å². The van der Waals surface area contributed by atoms with Crippen LogP contribution in [0.4, 0.5) is 0 Å². The first kappa shape index (κ1) is 48.0. The summed E-state index contributed by atoms with van der Waals surface area (Å²) in [5, 5.41) is 21.7. The number of ether oxygens (including phenoxy) is 4. The van der Waals surface area contributed by atoms with Crippen LogP contribution >= 0.6 is 0 Å². The fourth-order valence-electron chi connectivity index (χ4n) is 6.45. The average Bonchev–Trinajstić information content (AvgIpc) is 3.32. The minimum atomic E-state index is -0.902. The van der Waals surface area contributed by atoms with Crippen molar-refractivity contribution < 1.29 is 47.6 Å². The van der Waals surface area contributed by atoms with E-state index in [1.54, 1.807) is 24.3 Å². The van der Waals surface area contributed by atoms with Gasteiger partial charge in [0.25, 0.3) is 0 Å². The molecule has 0 aliphatic heterocycles. The zero-order chi connectivity index (χ0) is 45.5. The van der Waals surface area contributed by atoms with Gasteiger partial charge in [-0.3, -0.25) is 0 Å². The van der Waals surface area contributed by atoms with E-state index in [0.29, 0.717) is 79.3 Å². The van der Waals surface area contributed by atoms with Crippen LogP contribution in [0.25, 0.3) is 44.2 Å².